The van der Waals surface area contributed by atoms with Gasteiger partial charge in [0.1, 0.15) is 12.5 Å². The summed E-state index contributed by atoms with van der Waals surface area (Å²) in [4.78, 5) is 44.2. The van der Waals surface area contributed by atoms with Crippen molar-refractivity contribution in [3.63, 3.8) is 0 Å². The Hall–Kier alpha value is -3.56. The van der Waals surface area contributed by atoms with Gasteiger partial charge < -0.3 is 19.1 Å². The minimum Gasteiger partial charge on any atom is -0.364 e. The average molecular weight is 509 g/mol. The van der Waals surface area contributed by atoms with E-state index in [2.05, 4.69) is 11.8 Å². The zero-order valence-corrected chi connectivity index (χ0v) is 21.9. The molecule has 196 valence electrons. The maximum Gasteiger partial charge on any atom is 0.294 e. The van der Waals surface area contributed by atoms with Crippen LogP contribution in [0.5, 0.6) is 0 Å². The van der Waals surface area contributed by atoms with Gasteiger partial charge in [0.15, 0.2) is 0 Å². The fourth-order valence-corrected chi connectivity index (χ4v) is 4.86. The molecule has 0 spiro atoms. The van der Waals surface area contributed by atoms with Crippen LogP contribution in [0.2, 0.25) is 0 Å². The number of likely N-dealkylation sites (N-methyl/N-ethyl adjacent to an activating group) is 1. The van der Waals surface area contributed by atoms with E-state index in [-0.39, 0.29) is 36.1 Å². The van der Waals surface area contributed by atoms with Crippen LogP contribution in [0.4, 0.5) is 4.39 Å². The first-order chi connectivity index (χ1) is 17.6. The molecule has 2 atom stereocenters. The highest BCUT2D eigenvalue weighted by molar-refractivity contribution is 6.43. The number of ether oxygens (including phenoxy) is 1. The van der Waals surface area contributed by atoms with Gasteiger partial charge in [-0.1, -0.05) is 12.1 Å². The second kappa shape index (κ2) is 10.8. The molecule has 0 bridgehead atoms. The van der Waals surface area contributed by atoms with E-state index in [0.717, 1.165) is 11.1 Å². The van der Waals surface area contributed by atoms with Crippen LogP contribution in [0.25, 0.3) is 10.9 Å². The number of piperazine rings is 1. The normalized spacial score (nSPS) is 18.3. The first-order valence-electron chi connectivity index (χ1n) is 12.3. The molecule has 0 unspecified atom stereocenters. The molecule has 1 aliphatic rings. The van der Waals surface area contributed by atoms with Crippen LogP contribution < -0.4 is 0 Å². The number of carbonyl (C=O) groups excluding carboxylic acids is 3. The summed E-state index contributed by atoms with van der Waals surface area (Å²) < 4.78 is 20.4. The molecule has 1 fully saturated rings. The van der Waals surface area contributed by atoms with Gasteiger partial charge in [-0.05, 0) is 49.7 Å². The number of halogens is 1. The van der Waals surface area contributed by atoms with Gasteiger partial charge in [0.05, 0.1) is 11.1 Å². The zero-order chi connectivity index (χ0) is 26.9. The Morgan fingerprint density at radius 3 is 2.38 bits per heavy atom. The quantitative estimate of drug-likeness (QED) is 0.361. The first-order valence-corrected chi connectivity index (χ1v) is 12.3. The van der Waals surface area contributed by atoms with E-state index in [1.165, 1.54) is 31.1 Å². The summed E-state index contributed by atoms with van der Waals surface area (Å²) in [6.45, 7) is 6.20. The summed E-state index contributed by atoms with van der Waals surface area (Å²) in [5, 5.41) is 0.605. The van der Waals surface area contributed by atoms with Gasteiger partial charge >= 0.3 is 0 Å². The molecular formula is C28H33FN4O4. The molecule has 37 heavy (non-hydrogen) atoms. The van der Waals surface area contributed by atoms with Crippen LogP contribution in [-0.2, 0) is 22.8 Å². The number of Topliss-reactive ketones (excluding diaryl/α,β-unsaturated/α-hetero) is 1. The van der Waals surface area contributed by atoms with Crippen molar-refractivity contribution in [3.8, 4) is 0 Å². The molecule has 1 saturated heterocycles. The highest BCUT2D eigenvalue weighted by Gasteiger charge is 2.34. The lowest BCUT2D eigenvalue weighted by atomic mass is 10.0. The topological polar surface area (TPSA) is 75.1 Å². The van der Waals surface area contributed by atoms with Crippen molar-refractivity contribution in [2.75, 3.05) is 34.3 Å². The number of ketones is 1. The van der Waals surface area contributed by atoms with Gasteiger partial charge in [-0.2, -0.15) is 0 Å². The Morgan fingerprint density at radius 2 is 1.73 bits per heavy atom. The molecule has 1 aliphatic heterocycles. The largest absolute Gasteiger partial charge is 0.364 e. The van der Waals surface area contributed by atoms with Gasteiger partial charge in [-0.25, -0.2) is 4.39 Å². The summed E-state index contributed by atoms with van der Waals surface area (Å²) in [6, 6.07) is 11.5. The van der Waals surface area contributed by atoms with Crippen LogP contribution >= 0.6 is 0 Å². The lowest BCUT2D eigenvalue weighted by Gasteiger charge is -2.44. The van der Waals surface area contributed by atoms with E-state index in [1.807, 2.05) is 16.4 Å². The number of methoxy groups -OCH3 is 1. The number of carbonyl (C=O) groups is 3. The molecule has 8 nitrogen and oxygen atoms in total. The third-order valence-corrected chi connectivity index (χ3v) is 6.92. The Labute approximate surface area is 216 Å². The molecule has 9 heteroatoms. The Morgan fingerprint density at radius 1 is 1.03 bits per heavy atom. The molecule has 3 aromatic rings. The molecule has 0 radical (unpaired) electrons. The summed E-state index contributed by atoms with van der Waals surface area (Å²) in [5.74, 6) is -1.64. The van der Waals surface area contributed by atoms with Crippen LogP contribution in [0, 0.1) is 5.82 Å². The van der Waals surface area contributed by atoms with Gasteiger partial charge in [-0.3, -0.25) is 19.3 Å². The number of amides is 2. The van der Waals surface area contributed by atoms with Crippen molar-refractivity contribution < 1.29 is 23.5 Å². The van der Waals surface area contributed by atoms with Crippen molar-refractivity contribution >= 4 is 28.5 Å². The van der Waals surface area contributed by atoms with Crippen LogP contribution in [0.15, 0.2) is 48.7 Å². The van der Waals surface area contributed by atoms with E-state index >= 15 is 0 Å². The molecule has 0 saturated carbocycles. The predicted molar refractivity (Wildman–Crippen MR) is 139 cm³/mol. The van der Waals surface area contributed by atoms with E-state index in [1.54, 1.807) is 43.6 Å². The maximum atomic E-state index is 13.9. The molecular weight excluding hydrogens is 475 g/mol. The predicted octanol–water partition coefficient (Wildman–Crippen LogP) is 3.39. The Kier molecular flexibility index (Phi) is 7.75. The second-order valence-corrected chi connectivity index (χ2v) is 9.90. The molecule has 4 rings (SSSR count). The summed E-state index contributed by atoms with van der Waals surface area (Å²) in [6.07, 6.45) is 1.75. The van der Waals surface area contributed by atoms with E-state index in [4.69, 9.17) is 4.74 Å². The van der Waals surface area contributed by atoms with Gasteiger partial charge in [-0.15, -0.1) is 0 Å². The molecule has 1 aromatic heterocycles. The highest BCUT2D eigenvalue weighted by Crippen LogP contribution is 2.27. The van der Waals surface area contributed by atoms with Crippen LogP contribution in [-0.4, -0.2) is 83.2 Å². The number of aromatic nitrogens is 1. The number of hydrogen-bond acceptors (Lipinski definition) is 5. The third kappa shape index (κ3) is 5.42. The number of benzene rings is 2. The summed E-state index contributed by atoms with van der Waals surface area (Å²) >= 11 is 0. The lowest BCUT2D eigenvalue weighted by molar-refractivity contribution is -0.124. The highest BCUT2D eigenvalue weighted by atomic mass is 19.1. The van der Waals surface area contributed by atoms with E-state index < -0.39 is 11.7 Å². The fourth-order valence-electron chi connectivity index (χ4n) is 4.86. The molecule has 2 amide bonds. The Bertz CT molecular complexity index is 1320. The molecule has 0 N–H and O–H groups in total. The molecule has 2 heterocycles. The summed E-state index contributed by atoms with van der Waals surface area (Å²) in [7, 11) is 4.63. The summed E-state index contributed by atoms with van der Waals surface area (Å²) in [5.41, 5.74) is 2.47. The molecule has 2 aromatic carbocycles. The fraction of sp³-hybridized carbons (Fsp3) is 0.393. The number of rotatable bonds is 7. The maximum absolute atomic E-state index is 13.9. The minimum atomic E-state index is -0.624. The van der Waals surface area contributed by atoms with Crippen molar-refractivity contribution in [2.45, 2.75) is 39.2 Å². The lowest BCUT2D eigenvalue weighted by Crippen LogP contribution is -2.57. The van der Waals surface area contributed by atoms with E-state index in [0.29, 0.717) is 30.6 Å². The van der Waals surface area contributed by atoms with Crippen molar-refractivity contribution in [3.05, 3.63) is 71.2 Å². The second-order valence-electron chi connectivity index (χ2n) is 9.90. The smallest absolute Gasteiger partial charge is 0.294 e. The molecule has 0 aliphatic carbocycles. The standard InChI is InChI=1S/C28H33FN4O4/c1-18-14-33(19(2)13-31(18)15-20-6-9-22(29)10-7-20)27(35)24-16-32(17-37-5)25-11-8-21(12-23(24)25)26(34)28(36)30(3)4/h6-12,16,18-19H,13-15,17H2,1-5H3/t18-,19+/m0/s1. The van der Waals surface area contributed by atoms with E-state index in [9.17, 15) is 18.8 Å². The van der Waals surface area contributed by atoms with Crippen molar-refractivity contribution in [1.82, 2.24) is 19.3 Å². The van der Waals surface area contributed by atoms with Crippen LogP contribution in [0.1, 0.15) is 40.1 Å². The zero-order valence-electron chi connectivity index (χ0n) is 21.9. The van der Waals surface area contributed by atoms with Crippen molar-refractivity contribution in [1.29, 1.82) is 0 Å². The monoisotopic (exact) mass is 508 g/mol. The number of hydrogen-bond donors (Lipinski definition) is 0. The SMILES string of the molecule is COCn1cc(C(=O)N2C[C@H](C)N(Cc3ccc(F)cc3)C[C@H]2C)c2cc(C(=O)C(=O)N(C)C)ccc21. The third-order valence-electron chi connectivity index (χ3n) is 6.92. The van der Waals surface area contributed by atoms with Gasteiger partial charge in [0, 0.05) is 70.1 Å². The minimum absolute atomic E-state index is 0.0647. The van der Waals surface area contributed by atoms with Gasteiger partial charge in [0.2, 0.25) is 5.78 Å². The number of fused-ring (bicyclic) bond motifs is 1. The van der Waals surface area contributed by atoms with Crippen molar-refractivity contribution in [2.24, 2.45) is 0 Å². The first kappa shape index (κ1) is 26.5. The number of nitrogens with zero attached hydrogens (tertiary/aromatic N) is 4. The van der Waals surface area contributed by atoms with Gasteiger partial charge in [0.25, 0.3) is 11.8 Å². The average Bonchev–Trinajstić information content (AvgIpc) is 3.23. The Balaban J connectivity index is 1.62. The van der Waals surface area contributed by atoms with Crippen LogP contribution in [0.3, 0.4) is 0 Å².